The molecule has 0 atom stereocenters. The lowest BCUT2D eigenvalue weighted by molar-refractivity contribution is 0.264. The van der Waals surface area contributed by atoms with Gasteiger partial charge in [-0.3, -0.25) is 0 Å². The minimum Gasteiger partial charge on any atom is -0.483 e. The van der Waals surface area contributed by atoms with E-state index in [4.69, 9.17) is 26.5 Å². The third-order valence-corrected chi connectivity index (χ3v) is 3.44. The summed E-state index contributed by atoms with van der Waals surface area (Å²) in [4.78, 5) is 4.37. The Morgan fingerprint density at radius 2 is 1.90 bits per heavy atom. The molecule has 0 saturated heterocycles. The van der Waals surface area contributed by atoms with Gasteiger partial charge < -0.3 is 14.9 Å². The highest BCUT2D eigenvalue weighted by molar-refractivity contribution is 6.30. The van der Waals surface area contributed by atoms with Crippen LogP contribution in [0.1, 0.15) is 17.0 Å². The molecule has 3 aromatic rings. The van der Waals surface area contributed by atoms with Gasteiger partial charge in [-0.2, -0.15) is 0 Å². The molecule has 0 fully saturated rings. The van der Waals surface area contributed by atoms with Crippen LogP contribution in [0.3, 0.4) is 0 Å². The first-order chi connectivity index (χ1) is 10.0. The number of aromatic nitrogens is 1. The highest BCUT2D eigenvalue weighted by atomic mass is 35.5. The van der Waals surface area contributed by atoms with Crippen LogP contribution in [0, 0.1) is 13.8 Å². The van der Waals surface area contributed by atoms with Crippen molar-refractivity contribution in [3.05, 3.63) is 52.4 Å². The fourth-order valence-electron chi connectivity index (χ4n) is 2.31. The summed E-state index contributed by atoms with van der Waals surface area (Å²) >= 11 is 6.01. The molecule has 0 aliphatic heterocycles. The molecule has 108 valence electrons. The van der Waals surface area contributed by atoms with E-state index in [0.29, 0.717) is 22.2 Å². The number of hydrogen-bond acceptors (Lipinski definition) is 4. The lowest BCUT2D eigenvalue weighted by Crippen LogP contribution is -1.99. The zero-order valence-corrected chi connectivity index (χ0v) is 12.6. The minimum atomic E-state index is 0.262. The zero-order chi connectivity index (χ0) is 15.0. The lowest BCUT2D eigenvalue weighted by atomic mass is 10.1. The van der Waals surface area contributed by atoms with Crippen molar-refractivity contribution in [1.29, 1.82) is 0 Å². The number of anilines is 1. The van der Waals surface area contributed by atoms with Gasteiger partial charge in [-0.05, 0) is 55.3 Å². The fourth-order valence-corrected chi connectivity index (χ4v) is 2.64. The van der Waals surface area contributed by atoms with Crippen LogP contribution >= 0.6 is 11.6 Å². The van der Waals surface area contributed by atoms with Gasteiger partial charge in [-0.15, -0.1) is 0 Å². The van der Waals surface area contributed by atoms with Crippen molar-refractivity contribution in [2.24, 2.45) is 0 Å². The van der Waals surface area contributed by atoms with E-state index in [0.717, 1.165) is 22.4 Å². The highest BCUT2D eigenvalue weighted by Gasteiger charge is 2.10. The maximum absolute atomic E-state index is 6.01. The topological polar surface area (TPSA) is 61.3 Å². The number of fused-ring (bicyclic) bond motifs is 1. The van der Waals surface area contributed by atoms with Crippen molar-refractivity contribution in [2.45, 2.75) is 20.5 Å². The number of hydrogen-bond donors (Lipinski definition) is 1. The molecule has 0 saturated carbocycles. The van der Waals surface area contributed by atoms with Crippen molar-refractivity contribution < 1.29 is 9.15 Å². The predicted octanol–water partition coefficient (Wildman–Crippen LogP) is 4.26. The van der Waals surface area contributed by atoms with Gasteiger partial charge in [0.15, 0.2) is 12.2 Å². The third-order valence-electron chi connectivity index (χ3n) is 3.22. The molecule has 1 heterocycles. The second kappa shape index (κ2) is 5.30. The van der Waals surface area contributed by atoms with Crippen molar-refractivity contribution in [3.8, 4) is 5.75 Å². The van der Waals surface area contributed by atoms with Crippen molar-refractivity contribution in [3.63, 3.8) is 0 Å². The highest BCUT2D eigenvalue weighted by Crippen LogP contribution is 2.28. The number of nitrogens with zero attached hydrogens (tertiary/aromatic N) is 1. The van der Waals surface area contributed by atoms with E-state index < -0.39 is 0 Å². The summed E-state index contributed by atoms with van der Waals surface area (Å²) < 4.78 is 11.5. The van der Waals surface area contributed by atoms with Crippen LogP contribution in [0.15, 0.2) is 34.7 Å². The second-order valence-electron chi connectivity index (χ2n) is 4.99. The van der Waals surface area contributed by atoms with Crippen molar-refractivity contribution in [1.82, 2.24) is 4.98 Å². The number of halogens is 1. The average Bonchev–Trinajstić information content (AvgIpc) is 2.79. The Hall–Kier alpha value is -2.20. The molecule has 4 nitrogen and oxygen atoms in total. The molecule has 0 bridgehead atoms. The van der Waals surface area contributed by atoms with Crippen molar-refractivity contribution >= 4 is 28.4 Å². The molecule has 0 amide bonds. The van der Waals surface area contributed by atoms with Crippen LogP contribution in [0.4, 0.5) is 5.69 Å². The van der Waals surface area contributed by atoms with E-state index in [1.807, 2.05) is 26.0 Å². The molecule has 0 radical (unpaired) electrons. The largest absolute Gasteiger partial charge is 0.483 e. The summed E-state index contributed by atoms with van der Waals surface area (Å²) in [6.45, 7) is 4.18. The molecule has 0 aliphatic rings. The summed E-state index contributed by atoms with van der Waals surface area (Å²) in [6, 6.07) is 9.11. The number of oxazole rings is 1. The molecule has 3 rings (SSSR count). The number of benzene rings is 2. The zero-order valence-electron chi connectivity index (χ0n) is 11.8. The quantitative estimate of drug-likeness (QED) is 0.734. The summed E-state index contributed by atoms with van der Waals surface area (Å²) in [6.07, 6.45) is 0. The molecular formula is C16H15ClN2O2. The Morgan fingerprint density at radius 3 is 2.62 bits per heavy atom. The van der Waals surface area contributed by atoms with Crippen LogP contribution < -0.4 is 10.5 Å². The Bertz CT molecular complexity index is 788. The van der Waals surface area contributed by atoms with E-state index in [-0.39, 0.29) is 6.61 Å². The predicted molar refractivity (Wildman–Crippen MR) is 83.7 cm³/mol. The molecule has 0 spiro atoms. The Labute approximate surface area is 127 Å². The van der Waals surface area contributed by atoms with Crippen LogP contribution in [0.25, 0.3) is 11.1 Å². The van der Waals surface area contributed by atoms with Crippen LogP contribution in [-0.2, 0) is 6.61 Å². The number of nitrogen functional groups attached to an aromatic ring is 1. The molecule has 2 aromatic carbocycles. The lowest BCUT2D eigenvalue weighted by Gasteiger charge is -2.11. The van der Waals surface area contributed by atoms with Crippen LogP contribution in [0.2, 0.25) is 5.02 Å². The number of aryl methyl sites for hydroxylation is 2. The summed E-state index contributed by atoms with van der Waals surface area (Å²) in [7, 11) is 0. The Morgan fingerprint density at radius 1 is 1.19 bits per heavy atom. The minimum absolute atomic E-state index is 0.262. The van der Waals surface area contributed by atoms with Gasteiger partial charge in [0.2, 0.25) is 5.89 Å². The van der Waals surface area contributed by atoms with E-state index >= 15 is 0 Å². The summed E-state index contributed by atoms with van der Waals surface area (Å²) in [5.74, 6) is 1.32. The van der Waals surface area contributed by atoms with E-state index in [2.05, 4.69) is 4.98 Å². The third kappa shape index (κ3) is 2.81. The molecule has 1 aromatic heterocycles. The summed E-state index contributed by atoms with van der Waals surface area (Å²) in [5.41, 5.74) is 9.80. The van der Waals surface area contributed by atoms with Crippen LogP contribution in [0.5, 0.6) is 5.75 Å². The van der Waals surface area contributed by atoms with Gasteiger partial charge in [0, 0.05) is 10.7 Å². The standard InChI is InChI=1S/C16H15ClN2O2/c1-9-5-11(17)6-10(2)16(9)20-8-15-19-13-7-12(18)3-4-14(13)21-15/h3-7H,8,18H2,1-2H3. The van der Waals surface area contributed by atoms with Crippen LogP contribution in [-0.4, -0.2) is 4.98 Å². The Kier molecular flexibility index (Phi) is 3.47. The van der Waals surface area contributed by atoms with Crippen molar-refractivity contribution in [2.75, 3.05) is 5.73 Å². The first kappa shape index (κ1) is 13.8. The second-order valence-corrected chi connectivity index (χ2v) is 5.43. The van der Waals surface area contributed by atoms with Gasteiger partial charge in [0.1, 0.15) is 11.3 Å². The maximum Gasteiger partial charge on any atom is 0.233 e. The molecule has 0 aliphatic carbocycles. The number of ether oxygens (including phenoxy) is 1. The van der Waals surface area contributed by atoms with E-state index in [9.17, 15) is 0 Å². The SMILES string of the molecule is Cc1cc(Cl)cc(C)c1OCc1nc2cc(N)ccc2o1. The molecular weight excluding hydrogens is 288 g/mol. The number of rotatable bonds is 3. The van der Waals surface area contributed by atoms with Gasteiger partial charge in [0.25, 0.3) is 0 Å². The fraction of sp³-hybridized carbons (Fsp3) is 0.188. The smallest absolute Gasteiger partial charge is 0.233 e. The normalized spacial score (nSPS) is 11.0. The first-order valence-corrected chi connectivity index (χ1v) is 6.95. The molecule has 5 heteroatoms. The van der Waals surface area contributed by atoms with E-state index in [1.165, 1.54) is 0 Å². The molecule has 2 N–H and O–H groups in total. The van der Waals surface area contributed by atoms with E-state index in [1.54, 1.807) is 18.2 Å². The van der Waals surface area contributed by atoms with Gasteiger partial charge in [-0.1, -0.05) is 11.6 Å². The van der Waals surface area contributed by atoms with Gasteiger partial charge in [0.05, 0.1) is 0 Å². The Balaban J connectivity index is 1.83. The van der Waals surface area contributed by atoms with Gasteiger partial charge >= 0.3 is 0 Å². The maximum atomic E-state index is 6.01. The number of nitrogens with two attached hydrogens (primary N) is 1. The molecule has 0 unspecified atom stereocenters. The first-order valence-electron chi connectivity index (χ1n) is 6.57. The molecule has 21 heavy (non-hydrogen) atoms. The monoisotopic (exact) mass is 302 g/mol. The van der Waals surface area contributed by atoms with Gasteiger partial charge in [-0.25, -0.2) is 4.98 Å². The summed E-state index contributed by atoms with van der Waals surface area (Å²) in [5, 5.41) is 0.703. The average molecular weight is 303 g/mol.